The van der Waals surface area contributed by atoms with E-state index in [1.165, 1.54) is 0 Å². The van der Waals surface area contributed by atoms with Crippen LogP contribution in [0.1, 0.15) is 0 Å². The molecule has 2 aliphatic rings. The van der Waals surface area contributed by atoms with Crippen molar-refractivity contribution in [1.82, 2.24) is 0 Å². The summed E-state index contributed by atoms with van der Waals surface area (Å²) in [5.41, 5.74) is -0.348. The molecule has 2 heterocycles. The van der Waals surface area contributed by atoms with Gasteiger partial charge in [0.05, 0.1) is 11.5 Å². The molecule has 3 atom stereocenters. The molecule has 2 saturated heterocycles. The molecule has 1 unspecified atom stereocenters. The second-order valence-corrected chi connectivity index (χ2v) is 4.52. The fraction of sp³-hybridized carbons (Fsp3) is 0.417. The van der Waals surface area contributed by atoms with Crippen LogP contribution in [-0.2, 0) is 14.3 Å². The van der Waals surface area contributed by atoms with Gasteiger partial charge in [0.15, 0.2) is 17.6 Å². The minimum Gasteiger partial charge on any atom is -0.478 e. The zero-order valence-corrected chi connectivity index (χ0v) is 10.2. The summed E-state index contributed by atoms with van der Waals surface area (Å²) >= 11 is 0. The molecule has 7 nitrogen and oxygen atoms in total. The second-order valence-electron chi connectivity index (χ2n) is 4.52. The van der Waals surface area contributed by atoms with Crippen molar-refractivity contribution in [3.8, 4) is 5.75 Å². The highest BCUT2D eigenvalue weighted by Gasteiger charge is 2.48. The van der Waals surface area contributed by atoms with Gasteiger partial charge in [-0.3, -0.25) is 14.9 Å². The lowest BCUT2D eigenvalue weighted by Gasteiger charge is -2.17. The summed E-state index contributed by atoms with van der Waals surface area (Å²) < 4.78 is 29.1. The summed E-state index contributed by atoms with van der Waals surface area (Å²) in [5, 5.41) is 10.9. The summed E-state index contributed by atoms with van der Waals surface area (Å²) in [5.74, 6) is -1.04. The van der Waals surface area contributed by atoms with Crippen LogP contribution in [0.2, 0.25) is 0 Å². The molecule has 1 aromatic carbocycles. The molecule has 0 spiro atoms. The maximum Gasteiger partial charge on any atom is 0.311 e. The van der Waals surface area contributed by atoms with E-state index in [0.717, 1.165) is 18.2 Å². The van der Waals surface area contributed by atoms with E-state index in [1.807, 2.05) is 0 Å². The molecule has 3 rings (SSSR count). The number of carbonyl (C=O) groups is 1. The lowest BCUT2D eigenvalue weighted by atomic mass is 10.1. The van der Waals surface area contributed by atoms with Crippen LogP contribution < -0.4 is 4.74 Å². The molecular formula is C12H10FNO6. The van der Waals surface area contributed by atoms with Gasteiger partial charge in [0.1, 0.15) is 24.6 Å². The normalized spacial score (nSPS) is 28.4. The molecule has 0 amide bonds. The molecule has 2 aliphatic heterocycles. The average molecular weight is 283 g/mol. The van der Waals surface area contributed by atoms with Crippen LogP contribution in [0.15, 0.2) is 18.2 Å². The number of rotatable bonds is 3. The topological polar surface area (TPSA) is 87.9 Å². The number of nitro groups is 1. The van der Waals surface area contributed by atoms with Crippen molar-refractivity contribution in [3.63, 3.8) is 0 Å². The smallest absolute Gasteiger partial charge is 0.311 e. The molecular weight excluding hydrogens is 273 g/mol. The van der Waals surface area contributed by atoms with Crippen LogP contribution in [0.5, 0.6) is 5.75 Å². The van der Waals surface area contributed by atoms with Gasteiger partial charge in [-0.2, -0.15) is 0 Å². The fourth-order valence-corrected chi connectivity index (χ4v) is 2.31. The van der Waals surface area contributed by atoms with Gasteiger partial charge < -0.3 is 14.2 Å². The molecule has 0 radical (unpaired) electrons. The number of nitrogens with zero attached hydrogens (tertiary/aromatic N) is 1. The number of halogens is 1. The van der Waals surface area contributed by atoms with Crippen molar-refractivity contribution in [2.75, 3.05) is 13.2 Å². The first kappa shape index (κ1) is 12.9. The number of hydrogen-bond donors (Lipinski definition) is 0. The highest BCUT2D eigenvalue weighted by atomic mass is 19.1. The van der Waals surface area contributed by atoms with E-state index in [2.05, 4.69) is 0 Å². The molecule has 8 heteroatoms. The summed E-state index contributed by atoms with van der Waals surface area (Å²) in [6.07, 6.45) is -1.98. The van der Waals surface area contributed by atoms with Gasteiger partial charge in [0.2, 0.25) is 0 Å². The number of fused-ring (bicyclic) bond motifs is 1. The number of ketones is 1. The number of carbonyl (C=O) groups excluding carboxylic acids is 1. The predicted octanol–water partition coefficient (Wildman–Crippen LogP) is 0.848. The Kier molecular flexibility index (Phi) is 3.11. The Balaban J connectivity index is 1.83. The number of hydrogen-bond acceptors (Lipinski definition) is 6. The summed E-state index contributed by atoms with van der Waals surface area (Å²) in [6, 6.07) is 2.94. The Bertz CT molecular complexity index is 577. The van der Waals surface area contributed by atoms with Crippen molar-refractivity contribution in [2.24, 2.45) is 0 Å². The van der Waals surface area contributed by atoms with E-state index in [1.54, 1.807) is 0 Å². The van der Waals surface area contributed by atoms with E-state index in [9.17, 15) is 19.3 Å². The number of ether oxygens (including phenoxy) is 3. The SMILES string of the molecule is O=C1CO[C@@H]2C(Oc3cc(F)ccc3[N+](=O)[O-])CO[C@H]12. The van der Waals surface area contributed by atoms with E-state index in [-0.39, 0.29) is 30.4 Å². The number of Topliss-reactive ketones (excluding diaryl/α,β-unsaturated/α-hetero) is 1. The Morgan fingerprint density at radius 1 is 1.40 bits per heavy atom. The summed E-state index contributed by atoms with van der Waals surface area (Å²) in [7, 11) is 0. The highest BCUT2D eigenvalue weighted by Crippen LogP contribution is 2.33. The maximum absolute atomic E-state index is 13.2. The minimum atomic E-state index is -0.701. The Morgan fingerprint density at radius 3 is 2.95 bits per heavy atom. The zero-order valence-electron chi connectivity index (χ0n) is 10.2. The second kappa shape index (κ2) is 4.80. The van der Waals surface area contributed by atoms with Crippen LogP contribution in [0.4, 0.5) is 10.1 Å². The van der Waals surface area contributed by atoms with Gasteiger partial charge in [-0.1, -0.05) is 0 Å². The molecule has 20 heavy (non-hydrogen) atoms. The lowest BCUT2D eigenvalue weighted by molar-refractivity contribution is -0.386. The first-order valence-corrected chi connectivity index (χ1v) is 5.93. The van der Waals surface area contributed by atoms with Gasteiger partial charge in [-0.05, 0) is 6.07 Å². The third-order valence-corrected chi connectivity index (χ3v) is 3.24. The van der Waals surface area contributed by atoms with Crippen LogP contribution in [0.3, 0.4) is 0 Å². The van der Waals surface area contributed by atoms with E-state index in [4.69, 9.17) is 14.2 Å². The van der Waals surface area contributed by atoms with Gasteiger partial charge in [-0.25, -0.2) is 4.39 Å². The van der Waals surface area contributed by atoms with Crippen molar-refractivity contribution in [2.45, 2.75) is 18.3 Å². The van der Waals surface area contributed by atoms with Crippen LogP contribution in [-0.4, -0.2) is 42.2 Å². The Labute approximate surface area is 112 Å². The van der Waals surface area contributed by atoms with Crippen LogP contribution >= 0.6 is 0 Å². The first-order valence-electron chi connectivity index (χ1n) is 5.93. The standard InChI is InChI=1S/C12H10FNO6/c13-6-1-2-7(14(16)17)9(3-6)20-10-5-19-11-8(15)4-18-12(10)11/h1-3,10-12H,4-5H2/t10?,11-,12-/m1/s1. The van der Waals surface area contributed by atoms with Gasteiger partial charge in [0, 0.05) is 12.1 Å². The molecule has 0 N–H and O–H groups in total. The van der Waals surface area contributed by atoms with E-state index >= 15 is 0 Å². The molecule has 0 bridgehead atoms. The predicted molar refractivity (Wildman–Crippen MR) is 62.0 cm³/mol. The molecule has 106 valence electrons. The third-order valence-electron chi connectivity index (χ3n) is 3.24. The fourth-order valence-electron chi connectivity index (χ4n) is 2.31. The lowest BCUT2D eigenvalue weighted by Crippen LogP contribution is -2.33. The first-order chi connectivity index (χ1) is 9.56. The van der Waals surface area contributed by atoms with Gasteiger partial charge in [0.25, 0.3) is 0 Å². The van der Waals surface area contributed by atoms with Crippen molar-refractivity contribution in [3.05, 3.63) is 34.1 Å². The van der Waals surface area contributed by atoms with E-state index in [0.29, 0.717) is 0 Å². The van der Waals surface area contributed by atoms with Crippen LogP contribution in [0, 0.1) is 15.9 Å². The van der Waals surface area contributed by atoms with E-state index < -0.39 is 29.1 Å². The molecule has 0 aliphatic carbocycles. The summed E-state index contributed by atoms with van der Waals surface area (Å²) in [6.45, 7) is -0.00478. The number of benzene rings is 1. The molecule has 1 aromatic rings. The number of nitro benzene ring substituents is 1. The monoisotopic (exact) mass is 283 g/mol. The maximum atomic E-state index is 13.2. The van der Waals surface area contributed by atoms with Crippen LogP contribution in [0.25, 0.3) is 0 Å². The molecule has 0 aromatic heterocycles. The Hall–Kier alpha value is -2.06. The van der Waals surface area contributed by atoms with Crippen molar-refractivity contribution in [1.29, 1.82) is 0 Å². The van der Waals surface area contributed by atoms with Crippen molar-refractivity contribution < 1.29 is 28.3 Å². The quantitative estimate of drug-likeness (QED) is 0.603. The molecule has 2 fully saturated rings. The average Bonchev–Trinajstić information content (AvgIpc) is 2.94. The Morgan fingerprint density at radius 2 is 2.20 bits per heavy atom. The largest absolute Gasteiger partial charge is 0.478 e. The van der Waals surface area contributed by atoms with Gasteiger partial charge >= 0.3 is 5.69 Å². The highest BCUT2D eigenvalue weighted by molar-refractivity contribution is 5.87. The summed E-state index contributed by atoms with van der Waals surface area (Å²) in [4.78, 5) is 21.6. The third kappa shape index (κ3) is 2.12. The van der Waals surface area contributed by atoms with Gasteiger partial charge in [-0.15, -0.1) is 0 Å². The molecule has 0 saturated carbocycles. The zero-order chi connectivity index (χ0) is 14.3. The van der Waals surface area contributed by atoms with Crippen molar-refractivity contribution >= 4 is 11.5 Å². The minimum absolute atomic E-state index is 0.0642.